The topological polar surface area (TPSA) is 40.5 Å². The minimum absolute atomic E-state index is 0.116. The summed E-state index contributed by atoms with van der Waals surface area (Å²) >= 11 is -0.116. The molecule has 1 atom stereocenters. The quantitative estimate of drug-likeness (QED) is 0.139. The van der Waals surface area contributed by atoms with Crippen LogP contribution in [0.4, 0.5) is 0 Å². The predicted molar refractivity (Wildman–Crippen MR) is 180 cm³/mol. The zero-order valence-corrected chi connectivity index (χ0v) is 25.8. The monoisotopic (exact) mass is 651 g/mol. The molecule has 0 amide bonds. The molecule has 2 aromatic heterocycles. The van der Waals surface area contributed by atoms with Crippen molar-refractivity contribution in [3.63, 3.8) is 0 Å². The van der Waals surface area contributed by atoms with Gasteiger partial charge in [0.25, 0.3) is 0 Å². The molecule has 4 nitrogen and oxygen atoms in total. The first-order chi connectivity index (χ1) is 21.7. The third-order valence-electron chi connectivity index (χ3n) is 8.85. The Bertz CT molecular complexity index is 2550. The van der Waals surface area contributed by atoms with Crippen LogP contribution in [0.25, 0.3) is 48.3 Å². The molecule has 0 spiro atoms. The molecule has 4 heterocycles. The van der Waals surface area contributed by atoms with Gasteiger partial charge in [-0.15, -0.1) is 0 Å². The second-order valence-electron chi connectivity index (χ2n) is 11.2. The van der Waals surface area contributed by atoms with Crippen LogP contribution in [0.3, 0.4) is 0 Å². The SMILES string of the molecule is O=P12c3ccccc3Oc3c(-c4ccc5c(c4)c4ccccc4n5-c4ccccc4)ccc(c31)Oc1c2[se]c2ccccc12. The third kappa shape index (κ3) is 3.16. The fraction of sp³-hybridized carbons (Fsp3) is 0. The van der Waals surface area contributed by atoms with Gasteiger partial charge in [-0.25, -0.2) is 0 Å². The number of benzene rings is 6. The summed E-state index contributed by atoms with van der Waals surface area (Å²) < 4.78 is 33.5. The number of para-hydroxylation sites is 3. The van der Waals surface area contributed by atoms with Crippen molar-refractivity contribution in [3.8, 4) is 39.8 Å². The van der Waals surface area contributed by atoms with Gasteiger partial charge in [0.1, 0.15) is 0 Å². The van der Waals surface area contributed by atoms with E-state index in [1.54, 1.807) is 0 Å². The molecule has 0 aliphatic carbocycles. The number of hydrogen-bond acceptors (Lipinski definition) is 3. The number of ether oxygens (including phenoxy) is 2. The number of rotatable bonds is 2. The fourth-order valence-electron chi connectivity index (χ4n) is 6.93. The molecule has 2 aliphatic rings. The van der Waals surface area contributed by atoms with E-state index in [4.69, 9.17) is 9.47 Å². The average molecular weight is 651 g/mol. The summed E-state index contributed by atoms with van der Waals surface area (Å²) in [6.07, 6.45) is 0. The van der Waals surface area contributed by atoms with Crippen LogP contribution in [-0.4, -0.2) is 19.1 Å². The molecule has 0 bridgehead atoms. The van der Waals surface area contributed by atoms with E-state index in [9.17, 15) is 0 Å². The van der Waals surface area contributed by atoms with Gasteiger partial charge < -0.3 is 0 Å². The summed E-state index contributed by atoms with van der Waals surface area (Å²) in [6.45, 7) is 0. The van der Waals surface area contributed by atoms with Crippen molar-refractivity contribution in [1.29, 1.82) is 0 Å². The van der Waals surface area contributed by atoms with Crippen LogP contribution in [0, 0.1) is 0 Å². The number of hydrogen-bond donors (Lipinski definition) is 0. The van der Waals surface area contributed by atoms with Crippen LogP contribution in [0.5, 0.6) is 23.0 Å². The maximum atomic E-state index is 15.7. The Morgan fingerprint density at radius 3 is 2.23 bits per heavy atom. The van der Waals surface area contributed by atoms with E-state index in [-0.39, 0.29) is 14.5 Å². The summed E-state index contributed by atoms with van der Waals surface area (Å²) in [5, 5.41) is 4.84. The van der Waals surface area contributed by atoms with Gasteiger partial charge >= 0.3 is 242 Å². The summed E-state index contributed by atoms with van der Waals surface area (Å²) in [4.78, 5) is 0. The number of nitrogens with zero attached hydrogens (tertiary/aromatic N) is 1. The zero-order valence-electron chi connectivity index (χ0n) is 23.2. The molecular weight excluding hydrogens is 628 g/mol. The molecule has 10 rings (SSSR count). The first kappa shape index (κ1) is 24.6. The normalized spacial score (nSPS) is 16.3. The van der Waals surface area contributed by atoms with Crippen LogP contribution in [0.2, 0.25) is 0 Å². The Morgan fingerprint density at radius 1 is 0.591 bits per heavy atom. The van der Waals surface area contributed by atoms with Crippen molar-refractivity contribution < 1.29 is 14.0 Å². The van der Waals surface area contributed by atoms with Crippen molar-refractivity contribution in [2.45, 2.75) is 0 Å². The van der Waals surface area contributed by atoms with E-state index in [0.717, 1.165) is 53.9 Å². The van der Waals surface area contributed by atoms with Gasteiger partial charge in [-0.1, -0.05) is 18.2 Å². The molecule has 0 saturated heterocycles. The Kier molecular flexibility index (Phi) is 4.97. The number of aromatic nitrogens is 1. The zero-order chi connectivity index (χ0) is 29.0. The first-order valence-electron chi connectivity index (χ1n) is 14.5. The first-order valence-corrected chi connectivity index (χ1v) is 18.0. The molecule has 1 unspecified atom stereocenters. The van der Waals surface area contributed by atoms with Crippen LogP contribution in [0.1, 0.15) is 0 Å². The van der Waals surface area contributed by atoms with Crippen molar-refractivity contribution in [3.05, 3.63) is 133 Å². The van der Waals surface area contributed by atoms with Crippen molar-refractivity contribution in [1.82, 2.24) is 4.57 Å². The van der Waals surface area contributed by atoms with Crippen molar-refractivity contribution >= 4 is 67.9 Å². The molecule has 2 aliphatic heterocycles. The molecule has 44 heavy (non-hydrogen) atoms. The van der Waals surface area contributed by atoms with Crippen LogP contribution >= 0.6 is 7.14 Å². The van der Waals surface area contributed by atoms with E-state index in [1.165, 1.54) is 9.65 Å². The maximum absolute atomic E-state index is 15.7. The second-order valence-corrected chi connectivity index (χ2v) is 16.7. The second kappa shape index (κ2) is 8.87. The van der Waals surface area contributed by atoms with Gasteiger partial charge in [0.05, 0.1) is 0 Å². The molecule has 6 heteroatoms. The van der Waals surface area contributed by atoms with E-state index >= 15 is 4.57 Å². The van der Waals surface area contributed by atoms with Crippen molar-refractivity contribution in [2.75, 3.05) is 0 Å². The summed E-state index contributed by atoms with van der Waals surface area (Å²) in [5.41, 5.74) is 5.33. The van der Waals surface area contributed by atoms with E-state index in [0.29, 0.717) is 22.6 Å². The molecule has 0 fully saturated rings. The van der Waals surface area contributed by atoms with Crippen LogP contribution < -0.4 is 24.3 Å². The Labute approximate surface area is 258 Å². The molecule has 208 valence electrons. The summed E-state index contributed by atoms with van der Waals surface area (Å²) in [5.74, 6) is 2.68. The van der Waals surface area contributed by atoms with Gasteiger partial charge in [0.15, 0.2) is 0 Å². The van der Waals surface area contributed by atoms with Gasteiger partial charge in [0, 0.05) is 0 Å². The summed E-state index contributed by atoms with van der Waals surface area (Å²) in [7, 11) is -3.23. The van der Waals surface area contributed by atoms with Gasteiger partial charge in [-0.3, -0.25) is 0 Å². The van der Waals surface area contributed by atoms with Crippen LogP contribution in [0.15, 0.2) is 133 Å². The third-order valence-corrected chi connectivity index (χ3v) is 15.8. The van der Waals surface area contributed by atoms with Gasteiger partial charge in [-0.05, 0) is 0 Å². The molecule has 8 aromatic rings. The molecule has 6 aromatic carbocycles. The average Bonchev–Trinajstić information content (AvgIpc) is 3.61. The van der Waals surface area contributed by atoms with Crippen LogP contribution in [-0.2, 0) is 4.57 Å². The molecular formula is C38H22NO3PSe. The predicted octanol–water partition coefficient (Wildman–Crippen LogP) is 8.51. The Hall–Kier alpha value is -4.79. The van der Waals surface area contributed by atoms with Crippen molar-refractivity contribution in [2.24, 2.45) is 0 Å². The minimum atomic E-state index is -3.23. The molecule has 0 saturated carbocycles. The van der Waals surface area contributed by atoms with E-state index in [1.807, 2.05) is 42.5 Å². The Morgan fingerprint density at radius 2 is 1.32 bits per heavy atom. The molecule has 0 N–H and O–H groups in total. The Balaban J connectivity index is 1.25. The molecule has 0 radical (unpaired) electrons. The van der Waals surface area contributed by atoms with E-state index < -0.39 is 7.14 Å². The van der Waals surface area contributed by atoms with Gasteiger partial charge in [0.2, 0.25) is 0 Å². The van der Waals surface area contributed by atoms with E-state index in [2.05, 4.69) is 95.6 Å². The summed E-state index contributed by atoms with van der Waals surface area (Å²) in [6, 6.07) is 45.7. The standard InChI is InChI=1S/C38H22NO3PSe/c40-43-33-16-8-7-15-31(33)41-35-25(19-21-32(37(35)43)42-36-27-13-5-9-17-34(27)44-38(36)43)23-18-20-30-28(22-23)26-12-4-6-14-29(26)39(30)24-10-2-1-3-11-24/h1-22H. The fourth-order valence-corrected chi connectivity index (χ4v) is 14.1. The number of fused-ring (bicyclic) bond motifs is 9. The van der Waals surface area contributed by atoms with Gasteiger partial charge in [-0.2, -0.15) is 0 Å².